The van der Waals surface area contributed by atoms with E-state index in [1.54, 1.807) is 6.07 Å². The summed E-state index contributed by atoms with van der Waals surface area (Å²) in [5.74, 6) is 0. The van der Waals surface area contributed by atoms with Gasteiger partial charge >= 0.3 is 0 Å². The van der Waals surface area contributed by atoms with E-state index in [-0.39, 0.29) is 6.04 Å². The molecule has 19 heavy (non-hydrogen) atoms. The van der Waals surface area contributed by atoms with E-state index in [1.807, 2.05) is 12.1 Å². The van der Waals surface area contributed by atoms with Crippen LogP contribution in [-0.2, 0) is 0 Å². The molecule has 2 rings (SSSR count). The second kappa shape index (κ2) is 5.54. The summed E-state index contributed by atoms with van der Waals surface area (Å²) >= 11 is 12.3. The summed E-state index contributed by atoms with van der Waals surface area (Å²) in [5, 5.41) is 1.07. The first kappa shape index (κ1) is 14.4. The highest BCUT2D eigenvalue weighted by molar-refractivity contribution is 6.42. The number of hydrogen-bond donors (Lipinski definition) is 1. The molecule has 1 unspecified atom stereocenters. The summed E-state index contributed by atoms with van der Waals surface area (Å²) in [7, 11) is 0. The Hall–Kier alpha value is -1.02. The highest BCUT2D eigenvalue weighted by Crippen LogP contribution is 2.33. The fourth-order valence-electron chi connectivity index (χ4n) is 2.25. The van der Waals surface area contributed by atoms with Gasteiger partial charge in [-0.15, -0.1) is 0 Å². The van der Waals surface area contributed by atoms with Crippen molar-refractivity contribution >= 4 is 23.2 Å². The normalized spacial score (nSPS) is 12.5. The molecule has 0 aliphatic carbocycles. The molecule has 0 radical (unpaired) electrons. The second-order valence-corrected chi connectivity index (χ2v) is 5.70. The molecule has 0 fully saturated rings. The van der Waals surface area contributed by atoms with E-state index in [0.717, 1.165) is 11.1 Å². The molecule has 0 amide bonds. The molecular weight excluding hydrogens is 277 g/mol. The van der Waals surface area contributed by atoms with Gasteiger partial charge in [-0.1, -0.05) is 47.5 Å². The fourth-order valence-corrected chi connectivity index (χ4v) is 2.67. The molecule has 3 heteroatoms. The Morgan fingerprint density at radius 2 is 1.53 bits per heavy atom. The van der Waals surface area contributed by atoms with Crippen LogP contribution in [0.1, 0.15) is 33.9 Å². The van der Waals surface area contributed by atoms with E-state index in [4.69, 9.17) is 28.9 Å². The molecule has 0 bridgehead atoms. The molecule has 0 aliphatic heterocycles. The summed E-state index contributed by atoms with van der Waals surface area (Å²) in [6, 6.07) is 9.60. The van der Waals surface area contributed by atoms with Crippen LogP contribution in [0.3, 0.4) is 0 Å². The van der Waals surface area contributed by atoms with Crippen molar-refractivity contribution in [3.63, 3.8) is 0 Å². The van der Waals surface area contributed by atoms with Crippen molar-refractivity contribution in [1.29, 1.82) is 0 Å². The van der Waals surface area contributed by atoms with Crippen molar-refractivity contribution in [3.05, 3.63) is 68.2 Å². The van der Waals surface area contributed by atoms with Crippen LogP contribution in [-0.4, -0.2) is 0 Å². The Balaban J connectivity index is 2.53. The smallest absolute Gasteiger partial charge is 0.0643 e. The molecule has 2 aromatic rings. The second-order valence-electron chi connectivity index (χ2n) is 4.91. The van der Waals surface area contributed by atoms with Crippen molar-refractivity contribution in [1.82, 2.24) is 0 Å². The molecule has 0 saturated carbocycles. The molecule has 0 aliphatic rings. The van der Waals surface area contributed by atoms with E-state index in [9.17, 15) is 0 Å². The number of hydrogen-bond acceptors (Lipinski definition) is 1. The average Bonchev–Trinajstić information content (AvgIpc) is 2.36. The van der Waals surface area contributed by atoms with Gasteiger partial charge in [-0.25, -0.2) is 0 Å². The zero-order chi connectivity index (χ0) is 14.2. The van der Waals surface area contributed by atoms with Crippen LogP contribution in [0.4, 0.5) is 0 Å². The molecule has 1 nitrogen and oxygen atoms in total. The lowest BCUT2D eigenvalue weighted by atomic mass is 9.92. The molecule has 100 valence electrons. The first-order valence-electron chi connectivity index (χ1n) is 6.19. The number of rotatable bonds is 2. The van der Waals surface area contributed by atoms with Crippen LogP contribution >= 0.6 is 23.2 Å². The monoisotopic (exact) mass is 293 g/mol. The quantitative estimate of drug-likeness (QED) is 0.831. The van der Waals surface area contributed by atoms with Crippen LogP contribution in [0.15, 0.2) is 30.3 Å². The van der Waals surface area contributed by atoms with Gasteiger partial charge in [0.1, 0.15) is 0 Å². The molecule has 0 spiro atoms. The van der Waals surface area contributed by atoms with E-state index in [0.29, 0.717) is 10.0 Å². The molecular formula is C16H17Cl2N. The minimum absolute atomic E-state index is 0.259. The minimum atomic E-state index is -0.259. The van der Waals surface area contributed by atoms with E-state index in [2.05, 4.69) is 32.9 Å². The lowest BCUT2D eigenvalue weighted by Crippen LogP contribution is -2.14. The predicted octanol–water partition coefficient (Wildman–Crippen LogP) is 4.97. The third-order valence-corrected chi connectivity index (χ3v) is 4.37. The average molecular weight is 294 g/mol. The summed E-state index contributed by atoms with van der Waals surface area (Å²) in [4.78, 5) is 0. The largest absolute Gasteiger partial charge is 0.320 e. The van der Waals surface area contributed by atoms with Crippen molar-refractivity contribution in [2.24, 2.45) is 5.73 Å². The summed E-state index contributed by atoms with van der Waals surface area (Å²) < 4.78 is 0. The minimum Gasteiger partial charge on any atom is -0.320 e. The highest BCUT2D eigenvalue weighted by Gasteiger charge is 2.16. The van der Waals surface area contributed by atoms with Crippen LogP contribution < -0.4 is 5.73 Å². The maximum absolute atomic E-state index is 6.36. The van der Waals surface area contributed by atoms with E-state index in [1.165, 1.54) is 16.7 Å². The van der Waals surface area contributed by atoms with Gasteiger partial charge in [0.2, 0.25) is 0 Å². The first-order valence-corrected chi connectivity index (χ1v) is 6.94. The standard InChI is InChI=1S/C16H17Cl2N/c1-9-7-11(3)13(8-10(9)2)16(19)12-5-4-6-14(17)15(12)18/h4-8,16H,19H2,1-3H3. The Morgan fingerprint density at radius 1 is 0.895 bits per heavy atom. The maximum atomic E-state index is 6.36. The van der Waals surface area contributed by atoms with Crippen LogP contribution in [0.5, 0.6) is 0 Å². The number of aryl methyl sites for hydroxylation is 3. The maximum Gasteiger partial charge on any atom is 0.0643 e. The number of benzene rings is 2. The third kappa shape index (κ3) is 2.79. The topological polar surface area (TPSA) is 26.0 Å². The Labute approximate surface area is 124 Å². The van der Waals surface area contributed by atoms with E-state index < -0.39 is 0 Å². The number of halogens is 2. The molecule has 2 aromatic carbocycles. The third-order valence-electron chi connectivity index (χ3n) is 3.53. The van der Waals surface area contributed by atoms with Gasteiger partial charge in [-0.2, -0.15) is 0 Å². The van der Waals surface area contributed by atoms with Crippen molar-refractivity contribution < 1.29 is 0 Å². The summed E-state index contributed by atoms with van der Waals surface area (Å²) in [6.07, 6.45) is 0. The van der Waals surface area contributed by atoms with Gasteiger partial charge in [0.15, 0.2) is 0 Å². The lowest BCUT2D eigenvalue weighted by Gasteiger charge is -2.19. The molecule has 0 heterocycles. The zero-order valence-corrected chi connectivity index (χ0v) is 12.8. The Morgan fingerprint density at radius 3 is 2.21 bits per heavy atom. The fraction of sp³-hybridized carbons (Fsp3) is 0.250. The van der Waals surface area contributed by atoms with Crippen molar-refractivity contribution in [2.45, 2.75) is 26.8 Å². The van der Waals surface area contributed by atoms with Crippen LogP contribution in [0.2, 0.25) is 10.0 Å². The lowest BCUT2D eigenvalue weighted by molar-refractivity contribution is 0.859. The summed E-state index contributed by atoms with van der Waals surface area (Å²) in [5.41, 5.74) is 12.0. The van der Waals surface area contributed by atoms with Gasteiger partial charge in [0.05, 0.1) is 16.1 Å². The highest BCUT2D eigenvalue weighted by atomic mass is 35.5. The molecule has 0 aromatic heterocycles. The SMILES string of the molecule is Cc1cc(C)c(C(N)c2cccc(Cl)c2Cl)cc1C. The van der Waals surface area contributed by atoms with Crippen molar-refractivity contribution in [2.75, 3.05) is 0 Å². The van der Waals surface area contributed by atoms with Crippen LogP contribution in [0, 0.1) is 20.8 Å². The van der Waals surface area contributed by atoms with Gasteiger partial charge in [0.25, 0.3) is 0 Å². The summed E-state index contributed by atoms with van der Waals surface area (Å²) in [6.45, 7) is 6.26. The van der Waals surface area contributed by atoms with Crippen molar-refractivity contribution in [3.8, 4) is 0 Å². The zero-order valence-electron chi connectivity index (χ0n) is 11.3. The van der Waals surface area contributed by atoms with Gasteiger partial charge in [-0.3, -0.25) is 0 Å². The van der Waals surface area contributed by atoms with Crippen LogP contribution in [0.25, 0.3) is 0 Å². The van der Waals surface area contributed by atoms with E-state index >= 15 is 0 Å². The van der Waals surface area contributed by atoms with Gasteiger partial charge < -0.3 is 5.73 Å². The first-order chi connectivity index (χ1) is 8.91. The number of nitrogens with two attached hydrogens (primary N) is 1. The van der Waals surface area contributed by atoms with Gasteiger partial charge in [0, 0.05) is 0 Å². The Kier molecular flexibility index (Phi) is 4.19. The molecule has 0 saturated heterocycles. The van der Waals surface area contributed by atoms with Gasteiger partial charge in [-0.05, 0) is 54.7 Å². The predicted molar refractivity (Wildman–Crippen MR) is 83.1 cm³/mol. The Bertz CT molecular complexity index is 620. The molecule has 1 atom stereocenters. The molecule has 2 N–H and O–H groups in total.